The number of carbonyl (C=O) groups is 1. The van der Waals surface area contributed by atoms with Gasteiger partial charge in [-0.1, -0.05) is 78.2 Å². The van der Waals surface area contributed by atoms with Crippen molar-refractivity contribution in [2.45, 2.75) is 117 Å². The van der Waals surface area contributed by atoms with Gasteiger partial charge in [-0.15, -0.1) is 0 Å². The van der Waals surface area contributed by atoms with Crippen LogP contribution in [0.5, 0.6) is 0 Å². The maximum absolute atomic E-state index is 12.7. The van der Waals surface area contributed by atoms with Crippen LogP contribution in [-0.2, 0) is 9.47 Å². The number of rotatable bonds is 7. The number of epoxide rings is 1. The molecule has 4 fully saturated rings. The first-order chi connectivity index (χ1) is 17.7. The molecule has 1 saturated heterocycles. The summed E-state index contributed by atoms with van der Waals surface area (Å²) in [7, 11) is 0. The van der Waals surface area contributed by atoms with E-state index in [4.69, 9.17) is 9.47 Å². The van der Waals surface area contributed by atoms with Gasteiger partial charge in [0.2, 0.25) is 0 Å². The lowest BCUT2D eigenvalue weighted by Crippen LogP contribution is -2.54. The minimum atomic E-state index is -0.165. The molecular weight excluding hydrogens is 456 g/mol. The Balaban J connectivity index is 1.17. The summed E-state index contributed by atoms with van der Waals surface area (Å²) < 4.78 is 12.8. The molecule has 1 heterocycles. The first kappa shape index (κ1) is 25.7. The van der Waals surface area contributed by atoms with Crippen LogP contribution < -0.4 is 0 Å². The largest absolute Gasteiger partial charge is 0.459 e. The van der Waals surface area contributed by atoms with Crippen molar-refractivity contribution in [3.8, 4) is 0 Å². The van der Waals surface area contributed by atoms with Gasteiger partial charge in [0.15, 0.2) is 0 Å². The summed E-state index contributed by atoms with van der Waals surface area (Å²) in [5.41, 5.74) is 2.97. The minimum absolute atomic E-state index is 0.0253. The van der Waals surface area contributed by atoms with Crippen LogP contribution in [0.3, 0.4) is 0 Å². The van der Waals surface area contributed by atoms with E-state index in [0.29, 0.717) is 34.3 Å². The van der Waals surface area contributed by atoms with Crippen molar-refractivity contribution >= 4 is 5.97 Å². The van der Waals surface area contributed by atoms with E-state index in [0.717, 1.165) is 43.4 Å². The molecule has 5 aliphatic rings. The smallest absolute Gasteiger partial charge is 0.338 e. The topological polar surface area (TPSA) is 38.8 Å². The van der Waals surface area contributed by atoms with Crippen molar-refractivity contribution in [2.24, 2.45) is 40.4 Å². The predicted octanol–water partition coefficient (Wildman–Crippen LogP) is 8.38. The van der Waals surface area contributed by atoms with Crippen LogP contribution in [-0.4, -0.2) is 23.8 Å². The number of allylic oxidation sites excluding steroid dienone is 1. The third-order valence-corrected chi connectivity index (χ3v) is 11.9. The van der Waals surface area contributed by atoms with E-state index < -0.39 is 0 Å². The summed E-state index contributed by atoms with van der Waals surface area (Å²) >= 11 is 0. The molecule has 3 heteroatoms. The van der Waals surface area contributed by atoms with Crippen molar-refractivity contribution < 1.29 is 14.3 Å². The SMILES string of the molecule is CC(C)CCC[C@@H](C)[C@H]1CC2O[C@@]23C2=CCC4CC(OC(=O)c5ccccc5)CC[C@]4(C)[C@H]2CC[C@]13C. The fraction of sp³-hybridized carbons (Fsp3) is 0.735. The summed E-state index contributed by atoms with van der Waals surface area (Å²) in [6, 6.07) is 9.47. The Morgan fingerprint density at radius 3 is 2.59 bits per heavy atom. The number of ether oxygens (including phenoxy) is 2. The van der Waals surface area contributed by atoms with Gasteiger partial charge >= 0.3 is 5.97 Å². The molecule has 1 spiro atoms. The van der Waals surface area contributed by atoms with Gasteiger partial charge < -0.3 is 9.47 Å². The number of benzene rings is 1. The van der Waals surface area contributed by atoms with E-state index in [1.54, 1.807) is 5.57 Å². The average Bonchev–Trinajstić information content (AvgIpc) is 3.54. The second kappa shape index (κ2) is 9.25. The normalized spacial score (nSPS) is 42.6. The van der Waals surface area contributed by atoms with Crippen molar-refractivity contribution in [1.29, 1.82) is 0 Å². The van der Waals surface area contributed by atoms with Crippen LogP contribution in [0, 0.1) is 40.4 Å². The maximum Gasteiger partial charge on any atom is 0.338 e. The number of esters is 1. The van der Waals surface area contributed by atoms with Gasteiger partial charge in [0.1, 0.15) is 11.7 Å². The molecular formula is C34H48O3. The molecule has 1 aromatic carbocycles. The number of hydrogen-bond acceptors (Lipinski definition) is 3. The Morgan fingerprint density at radius 1 is 1.05 bits per heavy atom. The summed E-state index contributed by atoms with van der Waals surface area (Å²) in [5, 5.41) is 0. The zero-order valence-corrected chi connectivity index (χ0v) is 23.8. The first-order valence-corrected chi connectivity index (χ1v) is 15.3. The molecule has 3 unspecified atom stereocenters. The molecule has 9 atom stereocenters. The molecule has 3 saturated carbocycles. The molecule has 37 heavy (non-hydrogen) atoms. The fourth-order valence-electron chi connectivity index (χ4n) is 9.75. The Morgan fingerprint density at radius 2 is 1.84 bits per heavy atom. The van der Waals surface area contributed by atoms with E-state index in [1.807, 2.05) is 30.3 Å². The second-order valence-electron chi connectivity index (χ2n) is 14.3. The van der Waals surface area contributed by atoms with Gasteiger partial charge in [-0.25, -0.2) is 4.79 Å². The third kappa shape index (κ3) is 3.97. The predicted molar refractivity (Wildman–Crippen MR) is 148 cm³/mol. The van der Waals surface area contributed by atoms with Crippen molar-refractivity contribution in [3.63, 3.8) is 0 Å². The van der Waals surface area contributed by atoms with E-state index >= 15 is 0 Å². The highest BCUT2D eigenvalue weighted by Gasteiger charge is 2.79. The van der Waals surface area contributed by atoms with Crippen molar-refractivity contribution in [2.75, 3.05) is 0 Å². The molecule has 0 aromatic heterocycles. The Kier molecular flexibility index (Phi) is 6.41. The molecule has 0 amide bonds. The standard InChI is InChI=1S/C34H48O3/c1-22(2)10-9-11-23(3)29-21-30-34(37-30)28-15-14-25-20-26(36-31(35)24-12-7-6-8-13-24)16-18-32(25,4)27(28)17-19-33(29,34)5/h6-8,12-13,15,22-23,25-27,29-30H,9-11,14,16-21H2,1-5H3/t23-,25?,26?,27+,29-,30?,32+,33-,34+/m1/s1. The van der Waals surface area contributed by atoms with E-state index in [9.17, 15) is 4.79 Å². The number of hydrogen-bond donors (Lipinski definition) is 0. The van der Waals surface area contributed by atoms with Gasteiger partial charge in [0.25, 0.3) is 0 Å². The van der Waals surface area contributed by atoms with Crippen LogP contribution in [0.15, 0.2) is 42.0 Å². The van der Waals surface area contributed by atoms with Gasteiger partial charge in [0, 0.05) is 5.41 Å². The molecule has 0 bridgehead atoms. The lowest BCUT2D eigenvalue weighted by atomic mass is 9.47. The van der Waals surface area contributed by atoms with E-state index in [1.165, 1.54) is 38.5 Å². The van der Waals surface area contributed by atoms with Crippen LogP contribution in [0.1, 0.15) is 109 Å². The molecule has 202 valence electrons. The monoisotopic (exact) mass is 504 g/mol. The van der Waals surface area contributed by atoms with Crippen molar-refractivity contribution in [1.82, 2.24) is 0 Å². The first-order valence-electron chi connectivity index (χ1n) is 15.3. The highest BCUT2D eigenvalue weighted by atomic mass is 16.6. The van der Waals surface area contributed by atoms with Gasteiger partial charge in [-0.2, -0.15) is 0 Å². The van der Waals surface area contributed by atoms with Crippen molar-refractivity contribution in [3.05, 3.63) is 47.5 Å². The van der Waals surface area contributed by atoms with Crippen LogP contribution in [0.25, 0.3) is 0 Å². The van der Waals surface area contributed by atoms with Crippen LogP contribution in [0.2, 0.25) is 0 Å². The summed E-state index contributed by atoms with van der Waals surface area (Å²) in [5.74, 6) is 3.44. The molecule has 1 aliphatic heterocycles. The summed E-state index contributed by atoms with van der Waals surface area (Å²) in [6.45, 7) is 12.4. The molecule has 4 aliphatic carbocycles. The molecule has 0 N–H and O–H groups in total. The quantitative estimate of drug-likeness (QED) is 0.213. The molecule has 1 aromatic rings. The van der Waals surface area contributed by atoms with Crippen LogP contribution >= 0.6 is 0 Å². The highest BCUT2D eigenvalue weighted by molar-refractivity contribution is 5.89. The van der Waals surface area contributed by atoms with E-state index in [2.05, 4.69) is 40.7 Å². The average molecular weight is 505 g/mol. The van der Waals surface area contributed by atoms with Gasteiger partial charge in [0.05, 0.1) is 11.7 Å². The minimum Gasteiger partial charge on any atom is -0.459 e. The Bertz CT molecular complexity index is 1040. The van der Waals surface area contributed by atoms with E-state index in [-0.39, 0.29) is 17.7 Å². The maximum atomic E-state index is 12.7. The third-order valence-electron chi connectivity index (χ3n) is 11.9. The molecule has 0 radical (unpaired) electrons. The Hall–Kier alpha value is -1.61. The highest BCUT2D eigenvalue weighted by Crippen LogP contribution is 2.76. The number of carbonyl (C=O) groups excluding carboxylic acids is 1. The second-order valence-corrected chi connectivity index (χ2v) is 14.3. The fourth-order valence-corrected chi connectivity index (χ4v) is 9.75. The molecule has 3 nitrogen and oxygen atoms in total. The Labute approximate surface area is 224 Å². The summed E-state index contributed by atoms with van der Waals surface area (Å²) in [4.78, 5) is 12.7. The van der Waals surface area contributed by atoms with Gasteiger partial charge in [-0.3, -0.25) is 0 Å². The van der Waals surface area contributed by atoms with Gasteiger partial charge in [-0.05, 0) is 97.7 Å². The zero-order valence-electron chi connectivity index (χ0n) is 23.8. The summed E-state index contributed by atoms with van der Waals surface area (Å²) in [6.07, 6.45) is 15.3. The lowest BCUT2D eigenvalue weighted by molar-refractivity contribution is -0.0665. The molecule has 6 rings (SSSR count). The number of fused-ring (bicyclic) bond motifs is 3. The lowest BCUT2D eigenvalue weighted by Gasteiger charge is -2.58. The van der Waals surface area contributed by atoms with Crippen LogP contribution in [0.4, 0.5) is 0 Å². The zero-order chi connectivity index (χ0) is 26.0.